The first-order valence-corrected chi connectivity index (χ1v) is 22.8. The fraction of sp³-hybridized carbons (Fsp3) is 0.224. The Morgan fingerprint density at radius 1 is 0.532 bits per heavy atom. The quantitative estimate of drug-likeness (QED) is 0.0804. The van der Waals surface area contributed by atoms with Gasteiger partial charge in [-0.05, 0) is 58.7 Å². The molecule has 28 heteroatoms. The van der Waals surface area contributed by atoms with Crippen LogP contribution in [0.5, 0.6) is 0 Å². The number of aromatic nitrogens is 2. The Bertz CT molecular complexity index is 3320. The van der Waals surface area contributed by atoms with Crippen molar-refractivity contribution in [1.29, 1.82) is 0 Å². The molecule has 0 aliphatic heterocycles. The van der Waals surface area contributed by atoms with Crippen molar-refractivity contribution in [3.8, 4) is 22.3 Å². The Kier molecular flexibility index (Phi) is 18.7. The average Bonchev–Trinajstić information content (AvgIpc) is 3.31. The van der Waals surface area contributed by atoms with Crippen molar-refractivity contribution in [3.05, 3.63) is 183 Å². The Labute approximate surface area is 445 Å². The molecule has 6 rings (SSSR count). The molecule has 77 heavy (non-hydrogen) atoms. The number of carbonyl (C=O) groups excluding carboxylic acids is 3. The second-order valence-corrected chi connectivity index (χ2v) is 17.9. The summed E-state index contributed by atoms with van der Waals surface area (Å²) in [7, 11) is 2.50. The van der Waals surface area contributed by atoms with E-state index in [1.54, 1.807) is 0 Å². The second kappa shape index (κ2) is 23.7. The van der Waals surface area contributed by atoms with Crippen LogP contribution in [0.25, 0.3) is 22.3 Å². The van der Waals surface area contributed by atoms with Crippen molar-refractivity contribution < 1.29 is 81.7 Å². The summed E-state index contributed by atoms with van der Waals surface area (Å²) in [5.74, 6) is -3.97. The highest BCUT2D eigenvalue weighted by atomic mass is 35.5. The Morgan fingerprint density at radius 2 is 0.844 bits per heavy atom. The molecule has 0 fully saturated rings. The summed E-state index contributed by atoms with van der Waals surface area (Å²) in [5.41, 5.74) is -12.4. The zero-order valence-corrected chi connectivity index (χ0v) is 42.1. The van der Waals surface area contributed by atoms with Crippen LogP contribution in [0.2, 0.25) is 20.1 Å². The van der Waals surface area contributed by atoms with E-state index in [2.05, 4.69) is 10.6 Å². The first-order valence-electron chi connectivity index (χ1n) is 21.3. The lowest BCUT2D eigenvalue weighted by atomic mass is 9.97. The molecule has 2 aromatic heterocycles. The monoisotopic (exact) mass is 1170 g/mol. The number of ether oxygens (including phenoxy) is 1. The summed E-state index contributed by atoms with van der Waals surface area (Å²) in [6, 6.07) is 14.7. The van der Waals surface area contributed by atoms with Crippen molar-refractivity contribution in [2.24, 2.45) is 14.1 Å². The number of hydrogen-bond acceptors (Lipinski definition) is 7. The number of amides is 2. The van der Waals surface area contributed by atoms with Gasteiger partial charge in [0.2, 0.25) is 0 Å². The molecule has 0 saturated carbocycles. The molecule has 4 aromatic carbocycles. The normalized spacial score (nSPS) is 12.7. The topological polar surface area (TPSA) is 166 Å². The van der Waals surface area contributed by atoms with E-state index in [1.807, 2.05) is 0 Å². The fourth-order valence-corrected chi connectivity index (χ4v) is 8.60. The minimum atomic E-state index is -5.28. The van der Waals surface area contributed by atoms with Crippen LogP contribution in [0.1, 0.15) is 54.4 Å². The molecule has 2 atom stereocenters. The molecule has 2 unspecified atom stereocenters. The highest BCUT2D eigenvalue weighted by Crippen LogP contribution is 2.41. The summed E-state index contributed by atoms with van der Waals surface area (Å²) in [5, 5.41) is 14.2. The number of methoxy groups -OCH3 is 1. The molecule has 0 spiro atoms. The summed E-state index contributed by atoms with van der Waals surface area (Å²) in [6.07, 6.45) is -21.5. The van der Waals surface area contributed by atoms with Gasteiger partial charge in [0.25, 0.3) is 22.9 Å². The Morgan fingerprint density at radius 3 is 1.13 bits per heavy atom. The number of aliphatic carboxylic acids is 1. The van der Waals surface area contributed by atoms with E-state index < -0.39 is 105 Å². The maximum Gasteiger partial charge on any atom is 0.431 e. The smallest absolute Gasteiger partial charge is 0.431 e. The van der Waals surface area contributed by atoms with Crippen LogP contribution in [0.15, 0.2) is 107 Å². The summed E-state index contributed by atoms with van der Waals surface area (Å²) >= 11 is 24.0. The largest absolute Gasteiger partial charge is 0.480 e. The van der Waals surface area contributed by atoms with E-state index in [-0.39, 0.29) is 82.0 Å². The van der Waals surface area contributed by atoms with Gasteiger partial charge in [-0.2, -0.15) is 52.7 Å². The lowest BCUT2D eigenvalue weighted by Gasteiger charge is -2.19. The van der Waals surface area contributed by atoms with Crippen molar-refractivity contribution >= 4 is 70.2 Å². The van der Waals surface area contributed by atoms with Crippen LogP contribution >= 0.6 is 46.4 Å². The predicted octanol–water partition coefficient (Wildman–Crippen LogP) is 11.7. The molecule has 6 aromatic rings. The molecule has 0 radical (unpaired) electrons. The summed E-state index contributed by atoms with van der Waals surface area (Å²) < 4.78 is 166. The number of carboxylic acid groups (broad SMARTS) is 1. The fourth-order valence-electron chi connectivity index (χ4n) is 7.46. The maximum atomic E-state index is 13.7. The van der Waals surface area contributed by atoms with E-state index in [0.29, 0.717) is 12.6 Å². The SMILES string of the molecule is COC(=O)C(Cc1ccc(-c2c(C(F)(F)F)cc(C(F)(F)F)n(C)c2=O)cc1)NC(=O)c1c(Cl)cccc1Cl.Cn1c(C(F)(F)F)cc(C(F)(F)F)c(-c2ccc(CC(NC(=O)c3c(Cl)cccc3Cl)C(=O)O)cc2)c1=O. The van der Waals surface area contributed by atoms with E-state index in [1.165, 1.54) is 60.7 Å². The first-order chi connectivity index (χ1) is 35.6. The number of benzene rings is 4. The van der Waals surface area contributed by atoms with Gasteiger partial charge in [0.1, 0.15) is 23.5 Å². The van der Waals surface area contributed by atoms with Crippen molar-refractivity contribution in [3.63, 3.8) is 0 Å². The van der Waals surface area contributed by atoms with Crippen LogP contribution in [-0.2, 0) is 66.0 Å². The number of alkyl halides is 12. The van der Waals surface area contributed by atoms with Crippen LogP contribution < -0.4 is 21.8 Å². The third kappa shape index (κ3) is 14.3. The van der Waals surface area contributed by atoms with Gasteiger partial charge in [0, 0.05) is 26.9 Å². The molecule has 3 N–H and O–H groups in total. The van der Waals surface area contributed by atoms with Crippen molar-refractivity contribution in [1.82, 2.24) is 19.8 Å². The average molecular weight is 1180 g/mol. The number of hydrogen-bond donors (Lipinski definition) is 3. The third-order valence-electron chi connectivity index (χ3n) is 11.2. The Hall–Kier alpha value is -7.02. The van der Waals surface area contributed by atoms with Gasteiger partial charge < -0.3 is 29.6 Å². The molecule has 2 heterocycles. The van der Waals surface area contributed by atoms with Gasteiger partial charge in [-0.25, -0.2) is 9.59 Å². The Balaban J connectivity index is 0.000000284. The van der Waals surface area contributed by atoms with Gasteiger partial charge in [-0.1, -0.05) is 107 Å². The van der Waals surface area contributed by atoms with E-state index in [0.717, 1.165) is 38.4 Å². The van der Waals surface area contributed by atoms with Crippen molar-refractivity contribution in [2.75, 3.05) is 7.11 Å². The third-order valence-corrected chi connectivity index (χ3v) is 12.5. The van der Waals surface area contributed by atoms with Gasteiger partial charge in [0.15, 0.2) is 0 Å². The zero-order valence-electron chi connectivity index (χ0n) is 39.1. The van der Waals surface area contributed by atoms with Crippen LogP contribution in [0.3, 0.4) is 0 Å². The van der Waals surface area contributed by atoms with Crippen LogP contribution in [0, 0.1) is 0 Å². The van der Waals surface area contributed by atoms with E-state index in [4.69, 9.17) is 51.1 Å². The van der Waals surface area contributed by atoms with E-state index in [9.17, 15) is 86.6 Å². The molecule has 0 bridgehead atoms. The number of halogens is 16. The minimum absolute atomic E-state index is 0.0200. The molecule has 12 nitrogen and oxygen atoms in total. The van der Waals surface area contributed by atoms with E-state index >= 15 is 0 Å². The molecule has 0 aliphatic rings. The zero-order chi connectivity index (χ0) is 57.9. The van der Waals surface area contributed by atoms with Gasteiger partial charge in [-0.3, -0.25) is 19.2 Å². The van der Waals surface area contributed by atoms with Gasteiger partial charge in [0.05, 0.1) is 60.6 Å². The minimum Gasteiger partial charge on any atom is -0.480 e. The first kappa shape index (κ1) is 60.8. The maximum absolute atomic E-state index is 13.7. The molecule has 0 aliphatic carbocycles. The lowest BCUT2D eigenvalue weighted by Crippen LogP contribution is -2.43. The number of pyridine rings is 2. The van der Waals surface area contributed by atoms with Gasteiger partial charge in [-0.15, -0.1) is 0 Å². The standard InChI is InChI=1S/C25H18Cl2F6N2O4.C24H16Cl2F6N2O4/c1-35-18(25(31,32)33)11-14(24(28,29)30)19(22(35)37)13-8-6-12(7-9-13)10-17(23(38)39-2)34-21(36)20-15(26)4-3-5-16(20)27;1-34-17(24(30,31)32)10-13(23(27,28)29)18(21(34)36)12-7-5-11(6-8-12)9-16(22(37)38)33-20(35)19-14(25)3-2-4-15(19)26/h3-9,11,17H,10H2,1-2H3,(H,34,36);2-8,10,16H,9H2,1H3,(H,33,35)(H,37,38). The number of carbonyl (C=O) groups is 4. The summed E-state index contributed by atoms with van der Waals surface area (Å²) in [4.78, 5) is 74.6. The highest BCUT2D eigenvalue weighted by molar-refractivity contribution is 6.40. The van der Waals surface area contributed by atoms with Crippen molar-refractivity contribution in [2.45, 2.75) is 49.6 Å². The molecular weight excluding hydrogens is 1140 g/mol. The van der Waals surface area contributed by atoms with Gasteiger partial charge >= 0.3 is 36.6 Å². The molecular formula is C49H34Cl4F12N4O8. The number of nitrogens with one attached hydrogen (secondary N) is 2. The summed E-state index contributed by atoms with van der Waals surface area (Å²) in [6.45, 7) is 0. The predicted molar refractivity (Wildman–Crippen MR) is 257 cm³/mol. The number of nitrogens with zero attached hydrogens (tertiary/aromatic N) is 2. The highest BCUT2D eigenvalue weighted by Gasteiger charge is 2.43. The van der Waals surface area contributed by atoms with Crippen LogP contribution in [-0.4, -0.2) is 57.2 Å². The molecule has 410 valence electrons. The molecule has 0 saturated heterocycles. The lowest BCUT2D eigenvalue weighted by molar-refractivity contribution is -0.148. The second-order valence-electron chi connectivity index (χ2n) is 16.3. The number of rotatable bonds is 12. The number of carboxylic acids is 1. The number of esters is 1. The molecule has 2 amide bonds. The van der Waals surface area contributed by atoms with Crippen LogP contribution in [0.4, 0.5) is 52.7 Å².